The summed E-state index contributed by atoms with van der Waals surface area (Å²) in [6.45, 7) is 8.22. The van der Waals surface area contributed by atoms with E-state index in [1.165, 1.54) is 11.1 Å². The van der Waals surface area contributed by atoms with Gasteiger partial charge in [0.15, 0.2) is 0 Å². The van der Waals surface area contributed by atoms with E-state index in [9.17, 15) is 4.79 Å². The molecule has 3 N–H and O–H groups in total. The summed E-state index contributed by atoms with van der Waals surface area (Å²) in [6.07, 6.45) is 2.89. The van der Waals surface area contributed by atoms with Gasteiger partial charge in [0.05, 0.1) is 10.5 Å². The first-order valence-corrected chi connectivity index (χ1v) is 9.02. The van der Waals surface area contributed by atoms with E-state index >= 15 is 0 Å². The van der Waals surface area contributed by atoms with Crippen LogP contribution in [0.5, 0.6) is 0 Å². The van der Waals surface area contributed by atoms with Crippen molar-refractivity contribution in [1.29, 1.82) is 0 Å². The van der Waals surface area contributed by atoms with Crippen molar-refractivity contribution < 1.29 is 4.79 Å². The largest absolute Gasteiger partial charge is 0.359 e. The SMILES string of the molecule is CCNCCc1c(C)[nH]c(C=C2C(=O)NN=C2c2cccs2)c1C. The van der Waals surface area contributed by atoms with Crippen molar-refractivity contribution in [3.05, 3.63) is 50.5 Å². The molecule has 0 unspecified atom stereocenters. The number of thiophene rings is 1. The van der Waals surface area contributed by atoms with Crippen molar-refractivity contribution in [2.45, 2.75) is 27.2 Å². The van der Waals surface area contributed by atoms with Gasteiger partial charge in [-0.25, -0.2) is 5.43 Å². The van der Waals surface area contributed by atoms with Crippen LogP contribution in [0, 0.1) is 13.8 Å². The maximum atomic E-state index is 12.2. The van der Waals surface area contributed by atoms with Gasteiger partial charge in [0.2, 0.25) is 0 Å². The monoisotopic (exact) mass is 342 g/mol. The molecule has 0 saturated heterocycles. The number of carbonyl (C=O) groups excluding carboxylic acids is 1. The van der Waals surface area contributed by atoms with Gasteiger partial charge in [0, 0.05) is 11.4 Å². The van der Waals surface area contributed by atoms with Gasteiger partial charge < -0.3 is 10.3 Å². The summed E-state index contributed by atoms with van der Waals surface area (Å²) in [5.41, 5.74) is 8.56. The van der Waals surface area contributed by atoms with Crippen LogP contribution < -0.4 is 10.7 Å². The lowest BCUT2D eigenvalue weighted by molar-refractivity contribution is -0.116. The van der Waals surface area contributed by atoms with Gasteiger partial charge in [-0.05, 0) is 62.0 Å². The lowest BCUT2D eigenvalue weighted by Gasteiger charge is -2.03. The van der Waals surface area contributed by atoms with Crippen molar-refractivity contribution in [3.8, 4) is 0 Å². The van der Waals surface area contributed by atoms with Crippen molar-refractivity contribution in [2.75, 3.05) is 13.1 Å². The number of aromatic nitrogens is 1. The van der Waals surface area contributed by atoms with Gasteiger partial charge >= 0.3 is 0 Å². The summed E-state index contributed by atoms with van der Waals surface area (Å²) in [7, 11) is 0. The van der Waals surface area contributed by atoms with Crippen molar-refractivity contribution in [2.24, 2.45) is 5.10 Å². The Labute approximate surface area is 145 Å². The zero-order valence-corrected chi connectivity index (χ0v) is 15.0. The molecule has 0 spiro atoms. The topological polar surface area (TPSA) is 69.3 Å². The zero-order valence-electron chi connectivity index (χ0n) is 14.2. The Morgan fingerprint density at radius 1 is 1.38 bits per heavy atom. The maximum absolute atomic E-state index is 12.2. The second-order valence-electron chi connectivity index (χ2n) is 5.81. The van der Waals surface area contributed by atoms with E-state index in [1.807, 2.05) is 23.6 Å². The summed E-state index contributed by atoms with van der Waals surface area (Å²) < 4.78 is 0. The van der Waals surface area contributed by atoms with Crippen LogP contribution in [0.15, 0.2) is 28.2 Å². The van der Waals surface area contributed by atoms with E-state index in [0.29, 0.717) is 5.57 Å². The lowest BCUT2D eigenvalue weighted by Crippen LogP contribution is -2.16. The third kappa shape index (κ3) is 3.20. The highest BCUT2D eigenvalue weighted by Crippen LogP contribution is 2.24. The molecule has 0 aromatic carbocycles. The van der Waals surface area contributed by atoms with E-state index in [-0.39, 0.29) is 5.91 Å². The van der Waals surface area contributed by atoms with Gasteiger partial charge in [0.25, 0.3) is 5.91 Å². The van der Waals surface area contributed by atoms with Crippen LogP contribution in [-0.2, 0) is 11.2 Å². The van der Waals surface area contributed by atoms with Gasteiger partial charge in [-0.2, -0.15) is 5.10 Å². The number of carbonyl (C=O) groups is 1. The van der Waals surface area contributed by atoms with Gasteiger partial charge in [-0.3, -0.25) is 4.79 Å². The van der Waals surface area contributed by atoms with E-state index < -0.39 is 0 Å². The molecule has 2 aromatic heterocycles. The standard InChI is InChI=1S/C18H22N4OS/c1-4-19-8-7-13-11(2)15(20-12(13)3)10-14-17(21-22-18(14)23)16-6-5-9-24-16/h5-6,9-10,19-20H,4,7-8H2,1-3H3,(H,22,23). The number of aryl methyl sites for hydroxylation is 1. The fourth-order valence-corrected chi connectivity index (χ4v) is 3.67. The second-order valence-corrected chi connectivity index (χ2v) is 6.76. The van der Waals surface area contributed by atoms with Gasteiger partial charge in [-0.15, -0.1) is 11.3 Å². The van der Waals surface area contributed by atoms with Crippen molar-refractivity contribution >= 4 is 29.0 Å². The number of nitrogens with zero attached hydrogens (tertiary/aromatic N) is 1. The predicted octanol–water partition coefficient (Wildman–Crippen LogP) is 2.76. The lowest BCUT2D eigenvalue weighted by atomic mass is 10.0. The minimum atomic E-state index is -0.153. The third-order valence-corrected chi connectivity index (χ3v) is 5.12. The molecule has 24 heavy (non-hydrogen) atoms. The van der Waals surface area contributed by atoms with Crippen LogP contribution in [-0.4, -0.2) is 29.7 Å². The Kier molecular flexibility index (Phi) is 4.97. The van der Waals surface area contributed by atoms with E-state index in [4.69, 9.17) is 0 Å². The van der Waals surface area contributed by atoms with Gasteiger partial charge in [-0.1, -0.05) is 13.0 Å². The number of likely N-dealkylation sites (N-methyl/N-ethyl adjacent to an activating group) is 1. The molecule has 1 aliphatic heterocycles. The molecule has 1 amide bonds. The van der Waals surface area contributed by atoms with E-state index in [0.717, 1.165) is 41.5 Å². The molecule has 126 valence electrons. The van der Waals surface area contributed by atoms with Crippen LogP contribution in [0.25, 0.3) is 6.08 Å². The Hall–Kier alpha value is -2.18. The maximum Gasteiger partial charge on any atom is 0.273 e. The molecule has 6 heteroatoms. The Morgan fingerprint density at radius 3 is 2.92 bits per heavy atom. The zero-order chi connectivity index (χ0) is 17.1. The quantitative estimate of drug-likeness (QED) is 0.558. The minimum absolute atomic E-state index is 0.153. The van der Waals surface area contributed by atoms with Crippen LogP contribution in [0.4, 0.5) is 0 Å². The number of aromatic amines is 1. The molecular weight excluding hydrogens is 320 g/mol. The van der Waals surface area contributed by atoms with Crippen LogP contribution in [0.3, 0.4) is 0 Å². The van der Waals surface area contributed by atoms with E-state index in [1.54, 1.807) is 11.3 Å². The average molecular weight is 342 g/mol. The Bertz CT molecular complexity index is 799. The molecule has 3 heterocycles. The van der Waals surface area contributed by atoms with Crippen LogP contribution >= 0.6 is 11.3 Å². The summed E-state index contributed by atoms with van der Waals surface area (Å²) in [4.78, 5) is 16.6. The molecule has 3 rings (SSSR count). The molecule has 0 saturated carbocycles. The van der Waals surface area contributed by atoms with E-state index in [2.05, 4.69) is 41.6 Å². The smallest absolute Gasteiger partial charge is 0.273 e. The summed E-state index contributed by atoms with van der Waals surface area (Å²) in [5.74, 6) is -0.153. The molecule has 1 aliphatic rings. The van der Waals surface area contributed by atoms with Crippen molar-refractivity contribution in [3.63, 3.8) is 0 Å². The fourth-order valence-electron chi connectivity index (χ4n) is 2.94. The Morgan fingerprint density at radius 2 is 2.21 bits per heavy atom. The number of rotatable bonds is 6. The fraction of sp³-hybridized carbons (Fsp3) is 0.333. The number of hydrazone groups is 1. The molecule has 5 nitrogen and oxygen atoms in total. The second kappa shape index (κ2) is 7.15. The third-order valence-electron chi connectivity index (χ3n) is 4.25. The molecule has 0 aliphatic carbocycles. The molecule has 0 fully saturated rings. The number of hydrogen-bond donors (Lipinski definition) is 3. The molecule has 0 radical (unpaired) electrons. The summed E-state index contributed by atoms with van der Waals surface area (Å²) >= 11 is 1.58. The number of nitrogens with one attached hydrogen (secondary N) is 3. The van der Waals surface area contributed by atoms with Gasteiger partial charge in [0.1, 0.15) is 5.71 Å². The first-order valence-electron chi connectivity index (χ1n) is 8.14. The average Bonchev–Trinajstić information content (AvgIpc) is 3.25. The molecule has 0 bridgehead atoms. The first kappa shape index (κ1) is 16.7. The van der Waals surface area contributed by atoms with Crippen LogP contribution in [0.1, 0.15) is 34.3 Å². The minimum Gasteiger partial charge on any atom is -0.359 e. The van der Waals surface area contributed by atoms with Crippen molar-refractivity contribution in [1.82, 2.24) is 15.7 Å². The molecule has 0 atom stereocenters. The summed E-state index contributed by atoms with van der Waals surface area (Å²) in [5, 5.41) is 9.53. The highest BCUT2D eigenvalue weighted by atomic mass is 32.1. The van der Waals surface area contributed by atoms with Crippen LogP contribution in [0.2, 0.25) is 0 Å². The Balaban J connectivity index is 1.91. The predicted molar refractivity (Wildman–Crippen MR) is 99.5 cm³/mol. The molecule has 2 aromatic rings. The number of H-pyrrole nitrogens is 1. The normalized spacial score (nSPS) is 15.9. The first-order chi connectivity index (χ1) is 11.6. The summed E-state index contributed by atoms with van der Waals surface area (Å²) in [6, 6.07) is 3.94. The highest BCUT2D eigenvalue weighted by molar-refractivity contribution is 7.12. The highest BCUT2D eigenvalue weighted by Gasteiger charge is 2.25. The number of hydrogen-bond acceptors (Lipinski definition) is 4. The number of amides is 1. The molecular formula is C18H22N4OS.